The molecule has 0 saturated carbocycles. The summed E-state index contributed by atoms with van der Waals surface area (Å²) in [5, 5.41) is 0. The lowest BCUT2D eigenvalue weighted by Crippen LogP contribution is -1.88. The minimum Gasteiger partial charge on any atom is -0.0683 e. The minimum atomic E-state index is 0.898. The van der Waals surface area contributed by atoms with Crippen molar-refractivity contribution in [1.29, 1.82) is 0 Å². The molecule has 0 radical (unpaired) electrons. The molecule has 0 nitrogen and oxygen atoms in total. The fourth-order valence-electron chi connectivity index (χ4n) is 1.77. The smallest absolute Gasteiger partial charge is 0.0446 e. The summed E-state index contributed by atoms with van der Waals surface area (Å²) < 4.78 is 0. The van der Waals surface area contributed by atoms with Crippen LogP contribution in [0.3, 0.4) is 0 Å². The van der Waals surface area contributed by atoms with Gasteiger partial charge in [-0.1, -0.05) is 195 Å². The Morgan fingerprint density at radius 3 is 0.742 bits per heavy atom. The van der Waals surface area contributed by atoms with E-state index in [1.54, 1.807) is 0 Å². The molecule has 0 saturated heterocycles. The average molecular weight is 451 g/mol. The molecule has 202 valence electrons. The first-order valence-corrected chi connectivity index (χ1v) is 14.8. The maximum Gasteiger partial charge on any atom is -0.0446 e. The zero-order valence-corrected chi connectivity index (χ0v) is 26.9. The van der Waals surface area contributed by atoms with Gasteiger partial charge in [-0.2, -0.15) is 0 Å². The molecular weight excluding hydrogens is 372 g/mol. The lowest BCUT2D eigenvalue weighted by molar-refractivity contribution is 0.509. The molecule has 0 aliphatic rings. The highest BCUT2D eigenvalue weighted by Crippen LogP contribution is 2.07. The summed E-state index contributed by atoms with van der Waals surface area (Å²) >= 11 is 0. The van der Waals surface area contributed by atoms with Crippen LogP contribution < -0.4 is 0 Å². The second-order valence-electron chi connectivity index (χ2n) is 7.61. The molecule has 1 atom stereocenters. The van der Waals surface area contributed by atoms with E-state index in [2.05, 4.69) is 83.1 Å². The van der Waals surface area contributed by atoms with Crippen molar-refractivity contribution in [2.45, 2.75) is 195 Å². The molecule has 1 unspecified atom stereocenters. The molecule has 0 aromatic heterocycles. The molecule has 0 rings (SSSR count). The third-order valence-electron chi connectivity index (χ3n) is 3.30. The molecule has 31 heavy (non-hydrogen) atoms. The lowest BCUT2D eigenvalue weighted by Gasteiger charge is -2.02. The Balaban J connectivity index is -0.0000000344. The summed E-state index contributed by atoms with van der Waals surface area (Å²) in [4.78, 5) is 0. The first-order valence-electron chi connectivity index (χ1n) is 14.8. The molecule has 0 fully saturated rings. The van der Waals surface area contributed by atoms with Gasteiger partial charge >= 0.3 is 0 Å². The summed E-state index contributed by atoms with van der Waals surface area (Å²) in [5.74, 6) is 1.85. The number of unbranched alkanes of at least 4 members (excludes halogenated alkanes) is 3. The molecule has 0 spiro atoms. The van der Waals surface area contributed by atoms with Crippen molar-refractivity contribution in [2.75, 3.05) is 0 Å². The fourth-order valence-corrected chi connectivity index (χ4v) is 1.77. The second kappa shape index (κ2) is 87.3. The first-order chi connectivity index (χ1) is 14.8. The average Bonchev–Trinajstić information content (AvgIpc) is 2.78. The Hall–Kier alpha value is 0. The third-order valence-corrected chi connectivity index (χ3v) is 3.30. The van der Waals surface area contributed by atoms with Crippen molar-refractivity contribution < 1.29 is 0 Å². The molecular formula is C31H78. The van der Waals surface area contributed by atoms with E-state index in [0.717, 1.165) is 11.8 Å². The van der Waals surface area contributed by atoms with Gasteiger partial charge in [0.2, 0.25) is 0 Å². The van der Waals surface area contributed by atoms with Crippen LogP contribution in [0.2, 0.25) is 0 Å². The monoisotopic (exact) mass is 451 g/mol. The van der Waals surface area contributed by atoms with Crippen LogP contribution in [0.25, 0.3) is 0 Å². The zero-order valence-electron chi connectivity index (χ0n) is 26.9. The SMILES string of the molecule is CC.CC.CC.CCC.CCC.CCCC(C)C.CCCC(C)CC.CCCCCC. The van der Waals surface area contributed by atoms with Crippen LogP contribution in [0.4, 0.5) is 0 Å². The van der Waals surface area contributed by atoms with Gasteiger partial charge in [0.25, 0.3) is 0 Å². The van der Waals surface area contributed by atoms with Crippen molar-refractivity contribution in [1.82, 2.24) is 0 Å². The maximum absolute atomic E-state index is 2.31. The van der Waals surface area contributed by atoms with Gasteiger partial charge in [-0.25, -0.2) is 0 Å². The van der Waals surface area contributed by atoms with Crippen molar-refractivity contribution in [3.8, 4) is 0 Å². The lowest BCUT2D eigenvalue weighted by atomic mass is 10.0. The Labute approximate surface area is 207 Å². The number of hydrogen-bond acceptors (Lipinski definition) is 0. The van der Waals surface area contributed by atoms with Gasteiger partial charge in [0, 0.05) is 0 Å². The Morgan fingerprint density at radius 2 is 0.677 bits per heavy atom. The van der Waals surface area contributed by atoms with Gasteiger partial charge < -0.3 is 0 Å². The van der Waals surface area contributed by atoms with Crippen LogP contribution in [-0.2, 0) is 0 Å². The molecule has 0 heterocycles. The summed E-state index contributed by atoms with van der Waals surface area (Å²) in [6.45, 7) is 38.5. The van der Waals surface area contributed by atoms with E-state index >= 15 is 0 Å². The van der Waals surface area contributed by atoms with Crippen molar-refractivity contribution >= 4 is 0 Å². The maximum atomic E-state index is 2.31. The van der Waals surface area contributed by atoms with Gasteiger partial charge in [-0.15, -0.1) is 0 Å². The molecule has 0 aliphatic heterocycles. The summed E-state index contributed by atoms with van der Waals surface area (Å²) in [7, 11) is 0. The molecule has 0 heteroatoms. The quantitative estimate of drug-likeness (QED) is 0.322. The highest BCUT2D eigenvalue weighted by molar-refractivity contribution is 4.45. The minimum absolute atomic E-state index is 0.898. The molecule has 0 N–H and O–H groups in total. The Morgan fingerprint density at radius 1 is 0.419 bits per heavy atom. The third kappa shape index (κ3) is 194. The van der Waals surface area contributed by atoms with Crippen LogP contribution in [0.15, 0.2) is 0 Å². The predicted octanol–water partition coefficient (Wildman–Crippen LogP) is 13.8. The van der Waals surface area contributed by atoms with Gasteiger partial charge in [0.1, 0.15) is 0 Å². The van der Waals surface area contributed by atoms with Gasteiger partial charge in [-0.3, -0.25) is 0 Å². The molecule has 0 bridgehead atoms. The van der Waals surface area contributed by atoms with Gasteiger partial charge in [0.05, 0.1) is 0 Å². The first kappa shape index (κ1) is 52.7. The van der Waals surface area contributed by atoms with Crippen LogP contribution >= 0.6 is 0 Å². The van der Waals surface area contributed by atoms with Gasteiger partial charge in [-0.05, 0) is 11.8 Å². The fraction of sp³-hybridized carbons (Fsp3) is 1.00. The Bertz CT molecular complexity index is 131. The Kier molecular flexibility index (Phi) is 149. The van der Waals surface area contributed by atoms with Crippen molar-refractivity contribution in [2.24, 2.45) is 11.8 Å². The molecule has 0 aromatic carbocycles. The molecule has 0 amide bonds. The summed E-state index contributed by atoms with van der Waals surface area (Å²) in [5.41, 5.74) is 0. The van der Waals surface area contributed by atoms with E-state index in [9.17, 15) is 0 Å². The van der Waals surface area contributed by atoms with E-state index < -0.39 is 0 Å². The van der Waals surface area contributed by atoms with E-state index in [1.165, 1.54) is 70.6 Å². The highest BCUT2D eigenvalue weighted by Gasteiger charge is 1.92. The van der Waals surface area contributed by atoms with Gasteiger partial charge in [0.15, 0.2) is 0 Å². The largest absolute Gasteiger partial charge is 0.0683 e. The van der Waals surface area contributed by atoms with Crippen LogP contribution in [0.5, 0.6) is 0 Å². The predicted molar refractivity (Wildman–Crippen MR) is 160 cm³/mol. The molecule has 0 aromatic rings. The standard InChI is InChI=1S/C7H16.2C6H14.2C3H8.3C2H6/c1-4-6-7(3)5-2;1-4-5-6(2)3;1-3-5-6-4-2;2*1-3-2;3*1-2/h7H,4-6H2,1-3H3;6H,4-5H2,1-3H3;3-6H2,1-2H3;2*3H2,1-2H3;3*1-2H3. The number of hydrogen-bond donors (Lipinski definition) is 0. The highest BCUT2D eigenvalue weighted by atomic mass is 14.0. The van der Waals surface area contributed by atoms with Crippen LogP contribution in [0, 0.1) is 11.8 Å². The zero-order chi connectivity index (χ0) is 26.9. The van der Waals surface area contributed by atoms with E-state index in [-0.39, 0.29) is 0 Å². The summed E-state index contributed by atoms with van der Waals surface area (Å²) in [6, 6.07) is 0. The summed E-state index contributed by atoms with van der Waals surface area (Å²) in [6.07, 6.45) is 14.8. The van der Waals surface area contributed by atoms with E-state index in [4.69, 9.17) is 0 Å². The van der Waals surface area contributed by atoms with Crippen LogP contribution in [0.1, 0.15) is 195 Å². The topological polar surface area (TPSA) is 0 Å². The molecule has 0 aliphatic carbocycles. The van der Waals surface area contributed by atoms with E-state index in [0.29, 0.717) is 0 Å². The normalized spacial score (nSPS) is 8.61. The number of rotatable bonds is 8. The van der Waals surface area contributed by atoms with Crippen molar-refractivity contribution in [3.05, 3.63) is 0 Å². The second-order valence-corrected chi connectivity index (χ2v) is 7.61. The van der Waals surface area contributed by atoms with E-state index in [1.807, 2.05) is 41.5 Å². The van der Waals surface area contributed by atoms with Crippen molar-refractivity contribution in [3.63, 3.8) is 0 Å². The van der Waals surface area contributed by atoms with Crippen LogP contribution in [-0.4, -0.2) is 0 Å².